The van der Waals surface area contributed by atoms with Gasteiger partial charge in [0.1, 0.15) is 5.82 Å². The van der Waals surface area contributed by atoms with Gasteiger partial charge in [0.15, 0.2) is 0 Å². The molecule has 0 spiro atoms. The number of aryl methyl sites for hydroxylation is 1. The number of anilines is 1. The Kier molecular flexibility index (Phi) is 3.81. The molecule has 1 aromatic rings. The molecule has 18 heavy (non-hydrogen) atoms. The lowest BCUT2D eigenvalue weighted by Crippen LogP contribution is -2.29. The minimum atomic E-state index is 0.0213. The van der Waals surface area contributed by atoms with E-state index in [-0.39, 0.29) is 18.4 Å². The molecule has 1 unspecified atom stereocenters. The number of nitrogens with one attached hydrogen (secondary N) is 1. The zero-order chi connectivity index (χ0) is 13.1. The Morgan fingerprint density at radius 2 is 2.39 bits per heavy atom. The van der Waals surface area contributed by atoms with Crippen LogP contribution in [0.4, 0.5) is 5.82 Å². The van der Waals surface area contributed by atoms with Crippen molar-refractivity contribution < 1.29 is 9.90 Å². The van der Waals surface area contributed by atoms with E-state index in [1.54, 1.807) is 24.1 Å². The number of likely N-dealkylation sites (tertiary alicyclic amines) is 1. The van der Waals surface area contributed by atoms with Crippen LogP contribution in [0.3, 0.4) is 0 Å². The number of carbonyl (C=O) groups excluding carboxylic acids is 1. The lowest BCUT2D eigenvalue weighted by molar-refractivity contribution is 0.0781. The minimum absolute atomic E-state index is 0.0213. The van der Waals surface area contributed by atoms with E-state index in [1.165, 1.54) is 0 Å². The highest BCUT2D eigenvalue weighted by atomic mass is 16.3. The summed E-state index contributed by atoms with van der Waals surface area (Å²) in [4.78, 5) is 18.4. The quantitative estimate of drug-likeness (QED) is 0.835. The SMILES string of the molecule is CNc1cc(C(=O)N2CCC(CO)C2)cc(C)n1. The molecule has 2 N–H and O–H groups in total. The van der Waals surface area contributed by atoms with Crippen molar-refractivity contribution in [3.8, 4) is 0 Å². The van der Waals surface area contributed by atoms with Gasteiger partial charge in [0.2, 0.25) is 0 Å². The molecule has 2 heterocycles. The van der Waals surface area contributed by atoms with Gasteiger partial charge >= 0.3 is 0 Å². The third kappa shape index (κ3) is 2.61. The second-order valence-electron chi connectivity index (χ2n) is 4.72. The fraction of sp³-hybridized carbons (Fsp3) is 0.538. The first kappa shape index (κ1) is 12.8. The molecule has 0 saturated carbocycles. The third-order valence-electron chi connectivity index (χ3n) is 3.29. The van der Waals surface area contributed by atoms with Crippen LogP contribution < -0.4 is 5.32 Å². The first-order chi connectivity index (χ1) is 8.63. The summed E-state index contributed by atoms with van der Waals surface area (Å²) in [5, 5.41) is 12.1. The molecule has 5 nitrogen and oxygen atoms in total. The number of nitrogens with zero attached hydrogens (tertiary/aromatic N) is 2. The largest absolute Gasteiger partial charge is 0.396 e. The maximum absolute atomic E-state index is 12.3. The monoisotopic (exact) mass is 249 g/mol. The minimum Gasteiger partial charge on any atom is -0.396 e. The summed E-state index contributed by atoms with van der Waals surface area (Å²) in [6.45, 7) is 3.39. The number of pyridine rings is 1. The van der Waals surface area contributed by atoms with Gasteiger partial charge in [0, 0.05) is 43.9 Å². The van der Waals surface area contributed by atoms with Crippen LogP contribution >= 0.6 is 0 Å². The highest BCUT2D eigenvalue weighted by Gasteiger charge is 2.26. The standard InChI is InChI=1S/C13H19N3O2/c1-9-5-11(6-12(14-2)15-9)13(18)16-4-3-10(7-16)8-17/h5-6,10,17H,3-4,7-8H2,1-2H3,(H,14,15). The Bertz CT molecular complexity index is 448. The van der Waals surface area contributed by atoms with Gasteiger partial charge in [0.25, 0.3) is 5.91 Å². The molecular formula is C13H19N3O2. The van der Waals surface area contributed by atoms with Crippen molar-refractivity contribution in [1.29, 1.82) is 0 Å². The molecule has 0 aromatic carbocycles. The fourth-order valence-corrected chi connectivity index (χ4v) is 2.27. The lowest BCUT2D eigenvalue weighted by Gasteiger charge is -2.17. The molecule has 1 aliphatic heterocycles. The molecule has 0 radical (unpaired) electrons. The summed E-state index contributed by atoms with van der Waals surface area (Å²) < 4.78 is 0. The van der Waals surface area contributed by atoms with Gasteiger partial charge in [-0.3, -0.25) is 4.79 Å². The van der Waals surface area contributed by atoms with E-state index in [0.29, 0.717) is 17.9 Å². The van der Waals surface area contributed by atoms with E-state index in [0.717, 1.165) is 18.7 Å². The number of rotatable bonds is 3. The van der Waals surface area contributed by atoms with Gasteiger partial charge in [-0.25, -0.2) is 4.98 Å². The van der Waals surface area contributed by atoms with Crippen LogP contribution in [0.5, 0.6) is 0 Å². The average molecular weight is 249 g/mol. The molecule has 1 saturated heterocycles. The fourth-order valence-electron chi connectivity index (χ4n) is 2.27. The van der Waals surface area contributed by atoms with E-state index < -0.39 is 0 Å². The van der Waals surface area contributed by atoms with Gasteiger partial charge in [-0.05, 0) is 25.5 Å². The second-order valence-corrected chi connectivity index (χ2v) is 4.72. The van der Waals surface area contributed by atoms with Gasteiger partial charge < -0.3 is 15.3 Å². The van der Waals surface area contributed by atoms with E-state index in [2.05, 4.69) is 10.3 Å². The third-order valence-corrected chi connectivity index (χ3v) is 3.29. The summed E-state index contributed by atoms with van der Waals surface area (Å²) in [5.41, 5.74) is 1.48. The van der Waals surface area contributed by atoms with Crippen LogP contribution in [0, 0.1) is 12.8 Å². The zero-order valence-electron chi connectivity index (χ0n) is 10.8. The van der Waals surface area contributed by atoms with Gasteiger partial charge in [-0.1, -0.05) is 0 Å². The van der Waals surface area contributed by atoms with Crippen LogP contribution in [0.15, 0.2) is 12.1 Å². The summed E-state index contributed by atoms with van der Waals surface area (Å²) in [6, 6.07) is 3.57. The van der Waals surface area contributed by atoms with Crippen LogP contribution in [0.2, 0.25) is 0 Å². The number of hydrogen-bond acceptors (Lipinski definition) is 4. The smallest absolute Gasteiger partial charge is 0.254 e. The van der Waals surface area contributed by atoms with E-state index in [4.69, 9.17) is 5.11 Å². The van der Waals surface area contributed by atoms with Crippen molar-refractivity contribution in [2.45, 2.75) is 13.3 Å². The van der Waals surface area contributed by atoms with E-state index in [9.17, 15) is 4.79 Å². The highest BCUT2D eigenvalue weighted by molar-refractivity contribution is 5.95. The molecule has 1 fully saturated rings. The van der Waals surface area contributed by atoms with Crippen molar-refractivity contribution in [2.24, 2.45) is 5.92 Å². The number of aliphatic hydroxyl groups excluding tert-OH is 1. The Hall–Kier alpha value is -1.62. The maximum Gasteiger partial charge on any atom is 0.254 e. The van der Waals surface area contributed by atoms with Gasteiger partial charge in [-0.15, -0.1) is 0 Å². The summed E-state index contributed by atoms with van der Waals surface area (Å²) in [6.07, 6.45) is 0.880. The molecule has 5 heteroatoms. The first-order valence-electron chi connectivity index (χ1n) is 6.20. The lowest BCUT2D eigenvalue weighted by atomic mass is 10.1. The Morgan fingerprint density at radius 3 is 3.00 bits per heavy atom. The number of carbonyl (C=O) groups is 1. The zero-order valence-corrected chi connectivity index (χ0v) is 10.8. The topological polar surface area (TPSA) is 65.5 Å². The normalized spacial score (nSPS) is 19.1. The predicted octanol–water partition coefficient (Wildman–Crippen LogP) is 0.886. The molecule has 98 valence electrons. The van der Waals surface area contributed by atoms with Crippen molar-refractivity contribution in [1.82, 2.24) is 9.88 Å². The van der Waals surface area contributed by atoms with E-state index in [1.807, 2.05) is 6.92 Å². The summed E-state index contributed by atoms with van der Waals surface area (Å²) >= 11 is 0. The number of amides is 1. The highest BCUT2D eigenvalue weighted by Crippen LogP contribution is 2.19. The van der Waals surface area contributed by atoms with Gasteiger partial charge in [-0.2, -0.15) is 0 Å². The van der Waals surface area contributed by atoms with Crippen molar-refractivity contribution >= 4 is 11.7 Å². The molecule has 1 aromatic heterocycles. The van der Waals surface area contributed by atoms with Crippen LogP contribution in [0.25, 0.3) is 0 Å². The number of hydrogen-bond donors (Lipinski definition) is 2. The van der Waals surface area contributed by atoms with Crippen LogP contribution in [-0.4, -0.2) is 47.6 Å². The molecule has 2 rings (SSSR count). The summed E-state index contributed by atoms with van der Waals surface area (Å²) in [5.74, 6) is 0.949. The van der Waals surface area contributed by atoms with Crippen molar-refractivity contribution in [2.75, 3.05) is 32.1 Å². The summed E-state index contributed by atoms with van der Waals surface area (Å²) in [7, 11) is 1.79. The Balaban J connectivity index is 2.16. The van der Waals surface area contributed by atoms with Crippen LogP contribution in [0.1, 0.15) is 22.5 Å². The predicted molar refractivity (Wildman–Crippen MR) is 69.6 cm³/mol. The maximum atomic E-state index is 12.3. The molecular weight excluding hydrogens is 230 g/mol. The second kappa shape index (κ2) is 5.35. The molecule has 0 aliphatic carbocycles. The molecule has 1 amide bonds. The molecule has 1 aliphatic rings. The van der Waals surface area contributed by atoms with Crippen molar-refractivity contribution in [3.63, 3.8) is 0 Å². The molecule has 0 bridgehead atoms. The van der Waals surface area contributed by atoms with Crippen molar-refractivity contribution in [3.05, 3.63) is 23.4 Å². The molecule has 1 atom stereocenters. The first-order valence-corrected chi connectivity index (χ1v) is 6.20. The van der Waals surface area contributed by atoms with Gasteiger partial charge in [0.05, 0.1) is 0 Å². The number of aliphatic hydroxyl groups is 1. The Labute approximate surface area is 107 Å². The Morgan fingerprint density at radius 1 is 1.61 bits per heavy atom. The number of aromatic nitrogens is 1. The van der Waals surface area contributed by atoms with Crippen LogP contribution in [-0.2, 0) is 0 Å². The van der Waals surface area contributed by atoms with E-state index >= 15 is 0 Å². The average Bonchev–Trinajstić information content (AvgIpc) is 2.85.